The van der Waals surface area contributed by atoms with Crippen LogP contribution in [0.4, 0.5) is 5.69 Å². The van der Waals surface area contributed by atoms with Crippen molar-refractivity contribution in [3.63, 3.8) is 0 Å². The maximum Gasteiger partial charge on any atom is 0.272 e. The Hall–Kier alpha value is -3.51. The number of hydrogen-bond donors (Lipinski definition) is 2. The quantitative estimate of drug-likeness (QED) is 0.463. The van der Waals surface area contributed by atoms with Gasteiger partial charge in [-0.2, -0.15) is 0 Å². The molecule has 0 fully saturated rings. The minimum Gasteiger partial charge on any atom is -0.321 e. The summed E-state index contributed by atoms with van der Waals surface area (Å²) in [6.45, 7) is 3.40. The molecule has 2 N–H and O–H groups in total. The van der Waals surface area contributed by atoms with E-state index in [4.69, 9.17) is 0 Å². The number of hydrogen-bond acceptors (Lipinski definition) is 4. The van der Waals surface area contributed by atoms with Crippen molar-refractivity contribution in [1.82, 2.24) is 5.32 Å². The average molecular weight is 404 g/mol. The number of nitrogens with one attached hydrogen (secondary N) is 2. The average Bonchev–Trinajstić information content (AvgIpc) is 3.21. The largest absolute Gasteiger partial charge is 0.321 e. The molecule has 1 heterocycles. The Balaban J connectivity index is 1.84. The highest BCUT2D eigenvalue weighted by atomic mass is 32.1. The van der Waals surface area contributed by atoms with E-state index in [1.807, 2.05) is 36.6 Å². The Kier molecular flexibility index (Phi) is 6.36. The Morgan fingerprint density at radius 2 is 1.69 bits per heavy atom. The summed E-state index contributed by atoms with van der Waals surface area (Å²) in [5.41, 5.74) is 2.59. The molecule has 0 spiro atoms. The monoisotopic (exact) mass is 404 g/mol. The van der Waals surface area contributed by atoms with Gasteiger partial charge in [0.1, 0.15) is 5.70 Å². The number of aryl methyl sites for hydroxylation is 1. The lowest BCUT2D eigenvalue weighted by atomic mass is 10.1. The van der Waals surface area contributed by atoms with Crippen molar-refractivity contribution in [2.75, 3.05) is 5.32 Å². The molecular weight excluding hydrogens is 384 g/mol. The van der Waals surface area contributed by atoms with Crippen molar-refractivity contribution < 1.29 is 14.4 Å². The van der Waals surface area contributed by atoms with Crippen LogP contribution in [0.3, 0.4) is 0 Å². The van der Waals surface area contributed by atoms with Gasteiger partial charge in [-0.15, -0.1) is 11.3 Å². The molecule has 3 rings (SSSR count). The molecule has 0 bridgehead atoms. The Morgan fingerprint density at radius 1 is 0.931 bits per heavy atom. The second-order valence-corrected chi connectivity index (χ2v) is 7.46. The van der Waals surface area contributed by atoms with E-state index in [1.54, 1.807) is 42.5 Å². The maximum absolute atomic E-state index is 12.9. The molecule has 5 nitrogen and oxygen atoms in total. The van der Waals surface area contributed by atoms with Gasteiger partial charge < -0.3 is 10.6 Å². The number of Topliss-reactive ketones (excluding diaryl/α,β-unsaturated/α-hetero) is 1. The fourth-order valence-corrected chi connectivity index (χ4v) is 3.25. The van der Waals surface area contributed by atoms with Gasteiger partial charge in [0.05, 0.1) is 0 Å². The summed E-state index contributed by atoms with van der Waals surface area (Å²) in [7, 11) is 0. The zero-order valence-electron chi connectivity index (χ0n) is 16.1. The Bertz CT molecular complexity index is 1070. The predicted molar refractivity (Wildman–Crippen MR) is 116 cm³/mol. The lowest BCUT2D eigenvalue weighted by Gasteiger charge is -2.11. The van der Waals surface area contributed by atoms with Gasteiger partial charge in [0.25, 0.3) is 11.8 Å². The van der Waals surface area contributed by atoms with Crippen LogP contribution in [0.2, 0.25) is 0 Å². The molecule has 1 aromatic heterocycles. The van der Waals surface area contributed by atoms with Crippen LogP contribution in [0, 0.1) is 6.92 Å². The van der Waals surface area contributed by atoms with Crippen molar-refractivity contribution in [1.29, 1.82) is 0 Å². The molecule has 6 heteroatoms. The third kappa shape index (κ3) is 5.49. The van der Waals surface area contributed by atoms with E-state index in [-0.39, 0.29) is 17.4 Å². The summed E-state index contributed by atoms with van der Waals surface area (Å²) >= 11 is 1.45. The molecule has 0 radical (unpaired) electrons. The van der Waals surface area contributed by atoms with E-state index in [0.29, 0.717) is 16.8 Å². The summed E-state index contributed by atoms with van der Waals surface area (Å²) in [6.07, 6.45) is 1.63. The first-order chi connectivity index (χ1) is 13.9. The summed E-state index contributed by atoms with van der Waals surface area (Å²) in [5.74, 6) is -0.942. The minimum absolute atomic E-state index is 0.0943. The molecule has 29 heavy (non-hydrogen) atoms. The third-order valence-electron chi connectivity index (χ3n) is 4.16. The van der Waals surface area contributed by atoms with Crippen molar-refractivity contribution in [2.24, 2.45) is 0 Å². The van der Waals surface area contributed by atoms with E-state index in [9.17, 15) is 14.4 Å². The summed E-state index contributed by atoms with van der Waals surface area (Å²) < 4.78 is 0. The SMILES string of the molecule is CC(=O)c1cccc(NC(=O)C(=Cc2cccs2)NC(=O)c2ccc(C)cc2)c1. The molecule has 0 atom stereocenters. The summed E-state index contributed by atoms with van der Waals surface area (Å²) in [6, 6.07) is 17.5. The van der Waals surface area contributed by atoms with Crippen LogP contribution >= 0.6 is 11.3 Å². The number of thiophene rings is 1. The topological polar surface area (TPSA) is 75.3 Å². The van der Waals surface area contributed by atoms with Crippen LogP contribution in [-0.2, 0) is 4.79 Å². The first-order valence-corrected chi connectivity index (χ1v) is 9.86. The van der Waals surface area contributed by atoms with Gasteiger partial charge in [-0.3, -0.25) is 14.4 Å². The normalized spacial score (nSPS) is 11.0. The second-order valence-electron chi connectivity index (χ2n) is 6.48. The zero-order valence-corrected chi connectivity index (χ0v) is 16.9. The van der Waals surface area contributed by atoms with Crippen molar-refractivity contribution in [3.05, 3.63) is 93.3 Å². The lowest BCUT2D eigenvalue weighted by Crippen LogP contribution is -2.30. The van der Waals surface area contributed by atoms with Gasteiger partial charge in [-0.05, 0) is 55.6 Å². The highest BCUT2D eigenvalue weighted by Gasteiger charge is 2.15. The smallest absolute Gasteiger partial charge is 0.272 e. The molecule has 0 saturated heterocycles. The number of anilines is 1. The van der Waals surface area contributed by atoms with Crippen LogP contribution in [0.5, 0.6) is 0 Å². The molecule has 0 aliphatic heterocycles. The maximum atomic E-state index is 12.9. The third-order valence-corrected chi connectivity index (χ3v) is 4.98. The van der Waals surface area contributed by atoms with Crippen LogP contribution < -0.4 is 10.6 Å². The molecule has 0 unspecified atom stereocenters. The van der Waals surface area contributed by atoms with Gasteiger partial charge in [0.15, 0.2) is 5.78 Å². The Labute approximate surface area is 173 Å². The van der Waals surface area contributed by atoms with Crippen LogP contribution in [0.1, 0.15) is 38.1 Å². The number of benzene rings is 2. The molecule has 0 aliphatic carbocycles. The molecule has 2 amide bonds. The van der Waals surface area contributed by atoms with Crippen molar-refractivity contribution >= 4 is 40.7 Å². The summed E-state index contributed by atoms with van der Waals surface area (Å²) in [5, 5.41) is 7.33. The Morgan fingerprint density at radius 3 is 2.34 bits per heavy atom. The van der Waals surface area contributed by atoms with Gasteiger partial charge in [-0.25, -0.2) is 0 Å². The van der Waals surface area contributed by atoms with Gasteiger partial charge in [0, 0.05) is 21.7 Å². The molecule has 0 saturated carbocycles. The molecule has 3 aromatic rings. The number of ketones is 1. The van der Waals surface area contributed by atoms with E-state index in [0.717, 1.165) is 10.4 Å². The van der Waals surface area contributed by atoms with E-state index in [1.165, 1.54) is 18.3 Å². The fraction of sp³-hybridized carbons (Fsp3) is 0.0870. The zero-order chi connectivity index (χ0) is 20.8. The molecule has 146 valence electrons. The van der Waals surface area contributed by atoms with E-state index < -0.39 is 5.91 Å². The first-order valence-electron chi connectivity index (χ1n) is 8.98. The second kappa shape index (κ2) is 9.12. The standard InChI is InChI=1S/C23H20N2O3S/c1-15-8-10-17(11-9-15)22(27)25-21(14-20-7-4-12-29-20)23(28)24-19-6-3-5-18(13-19)16(2)26/h3-14H,1-2H3,(H,24,28)(H,25,27). The predicted octanol–water partition coefficient (Wildman–Crippen LogP) is 4.67. The van der Waals surface area contributed by atoms with Crippen molar-refractivity contribution in [2.45, 2.75) is 13.8 Å². The van der Waals surface area contributed by atoms with Gasteiger partial charge >= 0.3 is 0 Å². The van der Waals surface area contributed by atoms with E-state index >= 15 is 0 Å². The van der Waals surface area contributed by atoms with Crippen LogP contribution in [-0.4, -0.2) is 17.6 Å². The first kappa shape index (κ1) is 20.2. The highest BCUT2D eigenvalue weighted by Crippen LogP contribution is 2.16. The van der Waals surface area contributed by atoms with Crippen LogP contribution in [0.25, 0.3) is 6.08 Å². The fourth-order valence-electron chi connectivity index (χ4n) is 2.59. The van der Waals surface area contributed by atoms with Crippen molar-refractivity contribution in [3.8, 4) is 0 Å². The molecule has 0 aliphatic rings. The highest BCUT2D eigenvalue weighted by molar-refractivity contribution is 7.10. The van der Waals surface area contributed by atoms with Crippen LogP contribution in [0.15, 0.2) is 71.7 Å². The van der Waals surface area contributed by atoms with Gasteiger partial charge in [0.2, 0.25) is 0 Å². The lowest BCUT2D eigenvalue weighted by molar-refractivity contribution is -0.113. The minimum atomic E-state index is -0.473. The van der Waals surface area contributed by atoms with E-state index in [2.05, 4.69) is 10.6 Å². The number of carbonyl (C=O) groups excluding carboxylic acids is 3. The number of carbonyl (C=O) groups is 3. The summed E-state index contributed by atoms with van der Waals surface area (Å²) in [4.78, 5) is 37.9. The molecular formula is C23H20N2O3S. The molecule has 2 aromatic carbocycles. The number of amides is 2. The van der Waals surface area contributed by atoms with Gasteiger partial charge in [-0.1, -0.05) is 35.9 Å². The number of rotatable bonds is 6.